The first kappa shape index (κ1) is 12.7. The Labute approximate surface area is 114 Å². The van der Waals surface area contributed by atoms with E-state index in [1.54, 1.807) is 0 Å². The van der Waals surface area contributed by atoms with Crippen LogP contribution in [0.3, 0.4) is 0 Å². The quantitative estimate of drug-likeness (QED) is 0.776. The molecular weight excluding hydrogens is 238 g/mol. The molecule has 0 radical (unpaired) electrons. The molecule has 1 aromatic rings. The predicted molar refractivity (Wildman–Crippen MR) is 74.9 cm³/mol. The average Bonchev–Trinajstić information content (AvgIpc) is 2.42. The molecule has 19 heavy (non-hydrogen) atoms. The normalized spacial score (nSPS) is 22.1. The Kier molecular flexibility index (Phi) is 3.09. The molecule has 0 atom stereocenters. The Balaban J connectivity index is 1.90. The number of aryl methyl sites for hydroxylation is 1. The van der Waals surface area contributed by atoms with Gasteiger partial charge in [0.1, 0.15) is 11.4 Å². The van der Waals surface area contributed by atoms with Gasteiger partial charge in [0.15, 0.2) is 5.78 Å². The fourth-order valence-electron chi connectivity index (χ4n) is 3.07. The van der Waals surface area contributed by atoms with Crippen molar-refractivity contribution in [3.8, 4) is 5.75 Å². The molecule has 3 heteroatoms. The zero-order valence-corrected chi connectivity index (χ0v) is 11.7. The highest BCUT2D eigenvalue weighted by Gasteiger charge is 2.42. The van der Waals surface area contributed by atoms with Crippen molar-refractivity contribution in [2.75, 3.05) is 20.1 Å². The summed E-state index contributed by atoms with van der Waals surface area (Å²) in [5, 5.41) is 0. The summed E-state index contributed by atoms with van der Waals surface area (Å²) in [5.74, 6) is 1.04. The number of benzene rings is 1. The minimum atomic E-state index is -0.246. The number of ketones is 1. The highest BCUT2D eigenvalue weighted by molar-refractivity contribution is 6.00. The van der Waals surface area contributed by atoms with E-state index in [4.69, 9.17) is 4.74 Å². The van der Waals surface area contributed by atoms with Gasteiger partial charge in [-0.05, 0) is 31.2 Å². The van der Waals surface area contributed by atoms with Crippen molar-refractivity contribution < 1.29 is 9.53 Å². The second kappa shape index (κ2) is 4.64. The van der Waals surface area contributed by atoms with Crippen LogP contribution in [-0.2, 0) is 6.42 Å². The number of carbonyl (C=O) groups is 1. The largest absolute Gasteiger partial charge is 0.486 e. The molecule has 2 heterocycles. The third kappa shape index (κ3) is 2.27. The number of ether oxygens (including phenoxy) is 1. The fraction of sp³-hybridized carbons (Fsp3) is 0.562. The van der Waals surface area contributed by atoms with Crippen molar-refractivity contribution in [1.29, 1.82) is 0 Å². The van der Waals surface area contributed by atoms with E-state index >= 15 is 0 Å². The number of nitrogens with zero attached hydrogens (tertiary/aromatic N) is 1. The molecule has 2 aliphatic rings. The number of likely N-dealkylation sites (tertiary alicyclic amines) is 1. The molecule has 1 spiro atoms. The van der Waals surface area contributed by atoms with Crippen LogP contribution in [0.2, 0.25) is 0 Å². The van der Waals surface area contributed by atoms with Crippen molar-refractivity contribution in [1.82, 2.24) is 4.90 Å². The Morgan fingerprint density at radius 3 is 2.74 bits per heavy atom. The van der Waals surface area contributed by atoms with E-state index in [2.05, 4.69) is 24.9 Å². The lowest BCUT2D eigenvalue weighted by atomic mass is 9.82. The molecular formula is C16H21NO2. The maximum Gasteiger partial charge on any atom is 0.170 e. The van der Waals surface area contributed by atoms with Gasteiger partial charge in [-0.1, -0.05) is 13.0 Å². The van der Waals surface area contributed by atoms with E-state index in [1.807, 2.05) is 12.1 Å². The minimum absolute atomic E-state index is 0.246. The molecule has 0 unspecified atom stereocenters. The molecule has 0 amide bonds. The Hall–Kier alpha value is -1.35. The standard InChI is InChI=1S/C16H21NO2/c1-3-12-4-5-15-13(10-12)14(18)11-16(19-15)6-8-17(2)9-7-16/h4-5,10H,3,6-9,11H2,1-2H3. The molecule has 0 bridgehead atoms. The van der Waals surface area contributed by atoms with Crippen LogP contribution in [0.1, 0.15) is 42.1 Å². The molecule has 3 nitrogen and oxygen atoms in total. The highest BCUT2D eigenvalue weighted by Crippen LogP contribution is 2.39. The summed E-state index contributed by atoms with van der Waals surface area (Å²) in [6.45, 7) is 4.12. The van der Waals surface area contributed by atoms with E-state index in [1.165, 1.54) is 5.56 Å². The van der Waals surface area contributed by atoms with Crippen LogP contribution >= 0.6 is 0 Å². The van der Waals surface area contributed by atoms with E-state index in [9.17, 15) is 4.79 Å². The third-order valence-corrected chi connectivity index (χ3v) is 4.46. The van der Waals surface area contributed by atoms with Gasteiger partial charge in [0.05, 0.1) is 12.0 Å². The van der Waals surface area contributed by atoms with Crippen LogP contribution in [0.4, 0.5) is 0 Å². The number of hydrogen-bond acceptors (Lipinski definition) is 3. The van der Waals surface area contributed by atoms with Gasteiger partial charge in [0, 0.05) is 25.9 Å². The third-order valence-electron chi connectivity index (χ3n) is 4.46. The molecule has 3 rings (SSSR count). The maximum absolute atomic E-state index is 12.4. The Morgan fingerprint density at radius 2 is 2.05 bits per heavy atom. The molecule has 1 aromatic carbocycles. The Bertz CT molecular complexity index is 501. The van der Waals surface area contributed by atoms with Crippen LogP contribution in [0.25, 0.3) is 0 Å². The maximum atomic E-state index is 12.4. The summed E-state index contributed by atoms with van der Waals surface area (Å²) in [6, 6.07) is 6.05. The smallest absolute Gasteiger partial charge is 0.170 e. The van der Waals surface area contributed by atoms with Gasteiger partial charge in [0.25, 0.3) is 0 Å². The second-order valence-electron chi connectivity index (χ2n) is 5.87. The zero-order valence-electron chi connectivity index (χ0n) is 11.7. The van der Waals surface area contributed by atoms with Gasteiger partial charge in [-0.25, -0.2) is 0 Å². The van der Waals surface area contributed by atoms with Gasteiger partial charge in [-0.2, -0.15) is 0 Å². The van der Waals surface area contributed by atoms with E-state index in [0.29, 0.717) is 6.42 Å². The van der Waals surface area contributed by atoms with Crippen molar-refractivity contribution in [3.05, 3.63) is 29.3 Å². The lowest BCUT2D eigenvalue weighted by Gasteiger charge is -2.43. The number of piperidine rings is 1. The number of fused-ring (bicyclic) bond motifs is 1. The first-order valence-electron chi connectivity index (χ1n) is 7.15. The van der Waals surface area contributed by atoms with Gasteiger partial charge in [-0.15, -0.1) is 0 Å². The van der Waals surface area contributed by atoms with Crippen LogP contribution in [0.15, 0.2) is 18.2 Å². The molecule has 0 N–H and O–H groups in total. The number of Topliss-reactive ketones (excluding diaryl/α,β-unsaturated/α-hetero) is 1. The van der Waals surface area contributed by atoms with E-state index < -0.39 is 0 Å². The van der Waals surface area contributed by atoms with Gasteiger partial charge < -0.3 is 9.64 Å². The van der Waals surface area contributed by atoms with Crippen molar-refractivity contribution >= 4 is 5.78 Å². The second-order valence-corrected chi connectivity index (χ2v) is 5.87. The molecule has 102 valence electrons. The summed E-state index contributed by atoms with van der Waals surface area (Å²) in [6.07, 6.45) is 3.39. The molecule has 1 fully saturated rings. The van der Waals surface area contributed by atoms with Gasteiger partial charge in [0.2, 0.25) is 0 Å². The molecule has 1 saturated heterocycles. The van der Waals surface area contributed by atoms with Gasteiger partial charge in [-0.3, -0.25) is 4.79 Å². The summed E-state index contributed by atoms with van der Waals surface area (Å²) in [4.78, 5) is 14.7. The number of hydrogen-bond donors (Lipinski definition) is 0. The fourth-order valence-corrected chi connectivity index (χ4v) is 3.07. The van der Waals surface area contributed by atoms with Crippen molar-refractivity contribution in [3.63, 3.8) is 0 Å². The number of rotatable bonds is 1. The predicted octanol–water partition coefficient (Wildman–Crippen LogP) is 2.68. The molecule has 0 aliphatic carbocycles. The van der Waals surface area contributed by atoms with Crippen LogP contribution in [-0.4, -0.2) is 36.4 Å². The average molecular weight is 259 g/mol. The SMILES string of the molecule is CCc1ccc2c(c1)C(=O)CC1(CCN(C)CC1)O2. The summed E-state index contributed by atoms with van der Waals surface area (Å²) < 4.78 is 6.23. The zero-order chi connectivity index (χ0) is 13.5. The lowest BCUT2D eigenvalue weighted by Crippen LogP contribution is -2.50. The minimum Gasteiger partial charge on any atom is -0.486 e. The van der Waals surface area contributed by atoms with Crippen molar-refractivity contribution in [2.45, 2.75) is 38.2 Å². The summed E-state index contributed by atoms with van der Waals surface area (Å²) in [7, 11) is 2.12. The molecule has 0 aromatic heterocycles. The lowest BCUT2D eigenvalue weighted by molar-refractivity contribution is -0.00369. The van der Waals surface area contributed by atoms with Crippen LogP contribution < -0.4 is 4.74 Å². The topological polar surface area (TPSA) is 29.5 Å². The first-order valence-corrected chi connectivity index (χ1v) is 7.15. The van der Waals surface area contributed by atoms with Crippen LogP contribution in [0.5, 0.6) is 5.75 Å². The van der Waals surface area contributed by atoms with E-state index in [0.717, 1.165) is 43.7 Å². The highest BCUT2D eigenvalue weighted by atomic mass is 16.5. The summed E-state index contributed by atoms with van der Waals surface area (Å²) in [5.41, 5.74) is 1.74. The number of carbonyl (C=O) groups excluding carboxylic acids is 1. The van der Waals surface area contributed by atoms with E-state index in [-0.39, 0.29) is 11.4 Å². The molecule has 2 aliphatic heterocycles. The molecule has 0 saturated carbocycles. The Morgan fingerprint density at radius 1 is 1.32 bits per heavy atom. The van der Waals surface area contributed by atoms with Gasteiger partial charge >= 0.3 is 0 Å². The monoisotopic (exact) mass is 259 g/mol. The van der Waals surface area contributed by atoms with Crippen LogP contribution in [0, 0.1) is 0 Å². The first-order chi connectivity index (χ1) is 9.12. The van der Waals surface area contributed by atoms with Crippen molar-refractivity contribution in [2.24, 2.45) is 0 Å². The summed E-state index contributed by atoms with van der Waals surface area (Å²) >= 11 is 0.